The van der Waals surface area contributed by atoms with Crippen LogP contribution in [0.15, 0.2) is 84.0 Å². The Balaban J connectivity index is 1.64. The van der Waals surface area contributed by atoms with Crippen molar-refractivity contribution in [2.45, 2.75) is 6.04 Å². The van der Waals surface area contributed by atoms with Gasteiger partial charge in [-0.3, -0.25) is 4.79 Å². The van der Waals surface area contributed by atoms with Crippen molar-refractivity contribution in [1.82, 2.24) is 5.32 Å². The highest BCUT2D eigenvalue weighted by molar-refractivity contribution is 5.85. The smallest absolute Gasteiger partial charge is 0.261 e. The summed E-state index contributed by atoms with van der Waals surface area (Å²) in [6.45, 7) is -0.209. The summed E-state index contributed by atoms with van der Waals surface area (Å²) in [7, 11) is 3.12. The lowest BCUT2D eigenvalue weighted by molar-refractivity contribution is -0.126. The number of carbonyl (C=O) groups excluding carboxylic acids is 1. The SMILES string of the molecule is COc1cccc(/C=N\OCC(=O)NC(c2ccccc2)c2ccccc2)c1OC. The molecule has 154 valence electrons. The molecule has 0 atom stereocenters. The molecule has 0 unspecified atom stereocenters. The van der Waals surface area contributed by atoms with E-state index < -0.39 is 0 Å². The molecule has 3 rings (SSSR count). The number of para-hydroxylation sites is 1. The number of nitrogens with one attached hydrogen (secondary N) is 1. The highest BCUT2D eigenvalue weighted by Crippen LogP contribution is 2.29. The number of hydrogen-bond donors (Lipinski definition) is 1. The van der Waals surface area contributed by atoms with Crippen molar-refractivity contribution in [2.24, 2.45) is 5.16 Å². The van der Waals surface area contributed by atoms with Crippen molar-refractivity contribution in [3.8, 4) is 11.5 Å². The van der Waals surface area contributed by atoms with E-state index in [1.165, 1.54) is 6.21 Å². The summed E-state index contributed by atoms with van der Waals surface area (Å²) < 4.78 is 10.6. The van der Waals surface area contributed by atoms with Gasteiger partial charge in [0.25, 0.3) is 5.91 Å². The van der Waals surface area contributed by atoms with Gasteiger partial charge in [-0.15, -0.1) is 0 Å². The molecule has 30 heavy (non-hydrogen) atoms. The van der Waals surface area contributed by atoms with Gasteiger partial charge in [0.2, 0.25) is 0 Å². The van der Waals surface area contributed by atoms with E-state index in [1.54, 1.807) is 20.3 Å². The number of methoxy groups -OCH3 is 2. The number of benzene rings is 3. The molecule has 0 aliphatic heterocycles. The fraction of sp³-hybridized carbons (Fsp3) is 0.167. The van der Waals surface area contributed by atoms with E-state index in [0.29, 0.717) is 17.1 Å². The first kappa shape index (κ1) is 20.9. The molecule has 6 heteroatoms. The third kappa shape index (κ3) is 5.38. The molecule has 0 aliphatic rings. The number of rotatable bonds is 9. The molecule has 6 nitrogen and oxygen atoms in total. The van der Waals surface area contributed by atoms with E-state index >= 15 is 0 Å². The first-order valence-electron chi connectivity index (χ1n) is 9.48. The van der Waals surface area contributed by atoms with Gasteiger partial charge in [0.05, 0.1) is 26.5 Å². The average Bonchev–Trinajstić information content (AvgIpc) is 2.81. The van der Waals surface area contributed by atoms with Crippen LogP contribution in [0.3, 0.4) is 0 Å². The average molecular weight is 404 g/mol. The molecular formula is C24H24N2O4. The summed E-state index contributed by atoms with van der Waals surface area (Å²) in [6.07, 6.45) is 1.49. The fourth-order valence-electron chi connectivity index (χ4n) is 3.06. The number of hydrogen-bond acceptors (Lipinski definition) is 5. The molecule has 3 aromatic rings. The van der Waals surface area contributed by atoms with Crippen molar-refractivity contribution >= 4 is 12.1 Å². The van der Waals surface area contributed by atoms with Crippen LogP contribution in [0.2, 0.25) is 0 Å². The van der Waals surface area contributed by atoms with Crippen LogP contribution in [-0.4, -0.2) is 32.9 Å². The number of nitrogens with zero attached hydrogens (tertiary/aromatic N) is 1. The molecule has 0 radical (unpaired) electrons. The van der Waals surface area contributed by atoms with E-state index in [9.17, 15) is 4.79 Å². The number of oxime groups is 1. The Morgan fingerprint density at radius 2 is 1.53 bits per heavy atom. The molecule has 0 bridgehead atoms. The van der Waals surface area contributed by atoms with E-state index in [1.807, 2.05) is 72.8 Å². The van der Waals surface area contributed by atoms with Gasteiger partial charge < -0.3 is 19.6 Å². The monoisotopic (exact) mass is 404 g/mol. The molecule has 3 aromatic carbocycles. The van der Waals surface area contributed by atoms with E-state index in [4.69, 9.17) is 14.3 Å². The fourth-order valence-corrected chi connectivity index (χ4v) is 3.06. The van der Waals surface area contributed by atoms with Gasteiger partial charge in [-0.2, -0.15) is 0 Å². The topological polar surface area (TPSA) is 69.2 Å². The zero-order chi connectivity index (χ0) is 21.2. The molecular weight excluding hydrogens is 380 g/mol. The normalized spacial score (nSPS) is 10.8. The Morgan fingerprint density at radius 1 is 0.900 bits per heavy atom. The summed E-state index contributed by atoms with van der Waals surface area (Å²) >= 11 is 0. The van der Waals surface area contributed by atoms with Crippen LogP contribution in [0.4, 0.5) is 0 Å². The van der Waals surface area contributed by atoms with Crippen molar-refractivity contribution in [3.63, 3.8) is 0 Å². The molecule has 1 N–H and O–H groups in total. The van der Waals surface area contributed by atoms with Crippen LogP contribution in [0.25, 0.3) is 0 Å². The van der Waals surface area contributed by atoms with Gasteiger partial charge in [-0.05, 0) is 23.3 Å². The lowest BCUT2D eigenvalue weighted by Crippen LogP contribution is -2.31. The van der Waals surface area contributed by atoms with E-state index in [0.717, 1.165) is 11.1 Å². The molecule has 0 aliphatic carbocycles. The van der Waals surface area contributed by atoms with Gasteiger partial charge in [0.1, 0.15) is 0 Å². The first-order chi connectivity index (χ1) is 14.7. The van der Waals surface area contributed by atoms with Crippen LogP contribution < -0.4 is 14.8 Å². The van der Waals surface area contributed by atoms with Crippen LogP contribution in [0.1, 0.15) is 22.7 Å². The molecule has 0 heterocycles. The molecule has 0 aromatic heterocycles. The number of amides is 1. The zero-order valence-electron chi connectivity index (χ0n) is 16.9. The molecule has 0 saturated carbocycles. The van der Waals surface area contributed by atoms with Crippen LogP contribution >= 0.6 is 0 Å². The number of ether oxygens (including phenoxy) is 2. The molecule has 0 spiro atoms. The second kappa shape index (κ2) is 10.7. The van der Waals surface area contributed by atoms with Crippen molar-refractivity contribution in [3.05, 3.63) is 95.6 Å². The minimum absolute atomic E-state index is 0.209. The predicted octanol–water partition coefficient (Wildman–Crippen LogP) is 3.96. The molecule has 1 amide bonds. The van der Waals surface area contributed by atoms with Crippen LogP contribution in [0.5, 0.6) is 11.5 Å². The Kier molecular flexibility index (Phi) is 7.44. The van der Waals surface area contributed by atoms with Crippen molar-refractivity contribution < 1.29 is 19.1 Å². The third-order valence-electron chi connectivity index (χ3n) is 4.47. The second-order valence-electron chi connectivity index (χ2n) is 6.41. The molecule has 0 fully saturated rings. The summed E-state index contributed by atoms with van der Waals surface area (Å²) in [5, 5.41) is 6.90. The van der Waals surface area contributed by atoms with Crippen molar-refractivity contribution in [1.29, 1.82) is 0 Å². The summed E-state index contributed by atoms with van der Waals surface area (Å²) in [5.41, 5.74) is 2.66. The van der Waals surface area contributed by atoms with Crippen LogP contribution in [0, 0.1) is 0 Å². The zero-order valence-corrected chi connectivity index (χ0v) is 16.9. The van der Waals surface area contributed by atoms with Gasteiger partial charge in [-0.1, -0.05) is 71.9 Å². The minimum Gasteiger partial charge on any atom is -0.493 e. The van der Waals surface area contributed by atoms with Gasteiger partial charge in [0.15, 0.2) is 18.1 Å². The first-order valence-corrected chi connectivity index (χ1v) is 9.48. The number of carbonyl (C=O) groups is 1. The van der Waals surface area contributed by atoms with E-state index in [-0.39, 0.29) is 18.6 Å². The largest absolute Gasteiger partial charge is 0.493 e. The third-order valence-corrected chi connectivity index (χ3v) is 4.47. The Bertz CT molecular complexity index is 936. The summed E-state index contributed by atoms with van der Waals surface area (Å²) in [5.74, 6) is 0.861. The Morgan fingerprint density at radius 3 is 2.10 bits per heavy atom. The maximum Gasteiger partial charge on any atom is 0.261 e. The summed E-state index contributed by atoms with van der Waals surface area (Å²) in [6, 6.07) is 24.7. The lowest BCUT2D eigenvalue weighted by Gasteiger charge is -2.19. The van der Waals surface area contributed by atoms with Gasteiger partial charge in [0, 0.05) is 5.56 Å². The van der Waals surface area contributed by atoms with Crippen molar-refractivity contribution in [2.75, 3.05) is 20.8 Å². The minimum atomic E-state index is -0.275. The van der Waals surface area contributed by atoms with Crippen LogP contribution in [-0.2, 0) is 9.63 Å². The maximum absolute atomic E-state index is 12.5. The Labute approximate surface area is 176 Å². The summed E-state index contributed by atoms with van der Waals surface area (Å²) in [4.78, 5) is 17.7. The highest BCUT2D eigenvalue weighted by atomic mass is 16.6. The lowest BCUT2D eigenvalue weighted by atomic mass is 9.99. The molecule has 0 saturated heterocycles. The maximum atomic E-state index is 12.5. The quantitative estimate of drug-likeness (QED) is 0.433. The predicted molar refractivity (Wildman–Crippen MR) is 116 cm³/mol. The Hall–Kier alpha value is -3.80. The second-order valence-corrected chi connectivity index (χ2v) is 6.41. The van der Waals surface area contributed by atoms with Gasteiger partial charge in [-0.25, -0.2) is 0 Å². The van der Waals surface area contributed by atoms with Gasteiger partial charge >= 0.3 is 0 Å². The highest BCUT2D eigenvalue weighted by Gasteiger charge is 2.16. The standard InChI is InChI=1S/C24H24N2O4/c1-28-21-15-9-14-20(24(21)29-2)16-25-30-17-22(27)26-23(18-10-5-3-6-11-18)19-12-7-4-8-13-19/h3-16,23H,17H2,1-2H3,(H,26,27)/b25-16-. The van der Waals surface area contributed by atoms with E-state index in [2.05, 4.69) is 10.5 Å².